The van der Waals surface area contributed by atoms with Crippen molar-refractivity contribution in [1.82, 2.24) is 9.97 Å². The van der Waals surface area contributed by atoms with Crippen LogP contribution in [0.4, 0.5) is 0 Å². The number of hydrogen-bond acceptors (Lipinski definition) is 3. The fraction of sp³-hybridized carbons (Fsp3) is 0.111. The third-order valence-electron chi connectivity index (χ3n) is 1.65. The van der Waals surface area contributed by atoms with E-state index < -0.39 is 0 Å². The molecule has 2 heterocycles. The van der Waals surface area contributed by atoms with Crippen molar-refractivity contribution in [3.63, 3.8) is 0 Å². The first kappa shape index (κ1) is 8.26. The summed E-state index contributed by atoms with van der Waals surface area (Å²) in [6.45, 7) is 1.79. The lowest BCUT2D eigenvalue weighted by atomic mass is 10.2. The molecule has 13 heavy (non-hydrogen) atoms. The van der Waals surface area contributed by atoms with Gasteiger partial charge in [-0.05, 0) is 12.1 Å². The second-order valence-electron chi connectivity index (χ2n) is 2.59. The molecule has 2 aromatic rings. The van der Waals surface area contributed by atoms with E-state index in [2.05, 4.69) is 9.97 Å². The molecule has 2 rings (SSSR count). The van der Waals surface area contributed by atoms with Gasteiger partial charge in [0.1, 0.15) is 5.15 Å². The first-order chi connectivity index (χ1) is 6.27. The van der Waals surface area contributed by atoms with Crippen LogP contribution in [-0.2, 0) is 0 Å². The molecular formula is C9H7ClN2O. The molecule has 0 radical (unpaired) electrons. The molecular weight excluding hydrogens is 188 g/mol. The minimum absolute atomic E-state index is 0.429. The molecule has 3 nitrogen and oxygen atoms in total. The molecule has 0 spiro atoms. The summed E-state index contributed by atoms with van der Waals surface area (Å²) in [5.74, 6) is 1.27. The summed E-state index contributed by atoms with van der Waals surface area (Å²) in [4.78, 5) is 7.92. The van der Waals surface area contributed by atoms with Gasteiger partial charge in [0.2, 0.25) is 0 Å². The van der Waals surface area contributed by atoms with Gasteiger partial charge in [0, 0.05) is 13.1 Å². The summed E-state index contributed by atoms with van der Waals surface area (Å²) >= 11 is 5.87. The van der Waals surface area contributed by atoms with Gasteiger partial charge in [-0.1, -0.05) is 11.6 Å². The lowest BCUT2D eigenvalue weighted by Crippen LogP contribution is -1.79. The van der Waals surface area contributed by atoms with E-state index in [1.807, 2.05) is 6.07 Å². The van der Waals surface area contributed by atoms with E-state index >= 15 is 0 Å². The molecule has 0 N–H and O–H groups in total. The lowest BCUT2D eigenvalue weighted by Gasteiger charge is -1.96. The van der Waals surface area contributed by atoms with Gasteiger partial charge in [-0.25, -0.2) is 9.97 Å². The van der Waals surface area contributed by atoms with Gasteiger partial charge in [-0.2, -0.15) is 0 Å². The Bertz CT molecular complexity index is 425. The quantitative estimate of drug-likeness (QED) is 0.656. The Morgan fingerprint density at radius 2 is 2.23 bits per heavy atom. The Morgan fingerprint density at radius 1 is 1.38 bits per heavy atom. The number of aryl methyl sites for hydroxylation is 1. The Labute approximate surface area is 80.4 Å². The summed E-state index contributed by atoms with van der Waals surface area (Å²) in [5, 5.41) is 0.429. The summed E-state index contributed by atoms with van der Waals surface area (Å²) in [6, 6.07) is 3.65. The van der Waals surface area contributed by atoms with Gasteiger partial charge >= 0.3 is 0 Å². The van der Waals surface area contributed by atoms with Crippen LogP contribution in [0.2, 0.25) is 5.15 Å². The Morgan fingerprint density at radius 3 is 2.85 bits per heavy atom. The van der Waals surface area contributed by atoms with E-state index in [9.17, 15) is 0 Å². The standard InChI is InChI=1S/C9H7ClN2O/c1-6-12-5-8(13-6)7-3-2-4-11-9(7)10/h2-5H,1H3. The highest BCUT2D eigenvalue weighted by atomic mass is 35.5. The maximum Gasteiger partial charge on any atom is 0.191 e. The van der Waals surface area contributed by atoms with Crippen molar-refractivity contribution in [2.75, 3.05) is 0 Å². The zero-order chi connectivity index (χ0) is 9.26. The van der Waals surface area contributed by atoms with Gasteiger partial charge < -0.3 is 4.42 Å². The molecule has 0 amide bonds. The number of pyridine rings is 1. The summed E-state index contributed by atoms with van der Waals surface area (Å²) < 4.78 is 5.31. The number of oxazole rings is 1. The highest BCUT2D eigenvalue weighted by Crippen LogP contribution is 2.25. The molecule has 0 saturated heterocycles. The Balaban J connectivity index is 2.52. The van der Waals surface area contributed by atoms with E-state index in [1.165, 1.54) is 0 Å². The van der Waals surface area contributed by atoms with Crippen molar-refractivity contribution in [3.05, 3.63) is 35.6 Å². The zero-order valence-electron chi connectivity index (χ0n) is 6.99. The average Bonchev–Trinajstić information content (AvgIpc) is 2.53. The number of aromatic nitrogens is 2. The Kier molecular flexibility index (Phi) is 2.02. The molecule has 0 aliphatic carbocycles. The highest BCUT2D eigenvalue weighted by Gasteiger charge is 2.07. The van der Waals surface area contributed by atoms with Crippen molar-refractivity contribution in [2.24, 2.45) is 0 Å². The molecule has 0 unspecified atom stereocenters. The van der Waals surface area contributed by atoms with Crippen molar-refractivity contribution >= 4 is 11.6 Å². The molecule has 0 atom stereocenters. The smallest absolute Gasteiger partial charge is 0.191 e. The molecule has 2 aromatic heterocycles. The fourth-order valence-corrected chi connectivity index (χ4v) is 1.27. The molecule has 0 bridgehead atoms. The van der Waals surface area contributed by atoms with E-state index in [0.717, 1.165) is 5.56 Å². The molecule has 4 heteroatoms. The van der Waals surface area contributed by atoms with Gasteiger partial charge in [-0.3, -0.25) is 0 Å². The SMILES string of the molecule is Cc1ncc(-c2cccnc2Cl)o1. The maximum atomic E-state index is 5.87. The first-order valence-electron chi connectivity index (χ1n) is 3.80. The largest absolute Gasteiger partial charge is 0.441 e. The van der Waals surface area contributed by atoms with Gasteiger partial charge in [0.15, 0.2) is 11.7 Å². The van der Waals surface area contributed by atoms with Gasteiger partial charge in [-0.15, -0.1) is 0 Å². The molecule has 0 aliphatic rings. The summed E-state index contributed by atoms with van der Waals surface area (Å²) in [7, 11) is 0. The van der Waals surface area contributed by atoms with E-state index in [0.29, 0.717) is 16.8 Å². The molecule has 0 aliphatic heterocycles. The van der Waals surface area contributed by atoms with Crippen LogP contribution in [0.25, 0.3) is 11.3 Å². The average molecular weight is 195 g/mol. The van der Waals surface area contributed by atoms with Crippen molar-refractivity contribution < 1.29 is 4.42 Å². The van der Waals surface area contributed by atoms with Crippen LogP contribution in [0, 0.1) is 6.92 Å². The summed E-state index contributed by atoms with van der Waals surface area (Å²) in [6.07, 6.45) is 3.27. The van der Waals surface area contributed by atoms with Crippen LogP contribution in [0.5, 0.6) is 0 Å². The number of rotatable bonds is 1. The van der Waals surface area contributed by atoms with E-state index in [-0.39, 0.29) is 0 Å². The number of halogens is 1. The van der Waals surface area contributed by atoms with Crippen LogP contribution in [0.15, 0.2) is 28.9 Å². The van der Waals surface area contributed by atoms with Crippen LogP contribution in [-0.4, -0.2) is 9.97 Å². The number of nitrogens with zero attached hydrogens (tertiary/aromatic N) is 2. The van der Waals surface area contributed by atoms with Crippen molar-refractivity contribution in [2.45, 2.75) is 6.92 Å². The topological polar surface area (TPSA) is 38.9 Å². The molecule has 0 aromatic carbocycles. The van der Waals surface area contributed by atoms with Crippen LogP contribution in [0.3, 0.4) is 0 Å². The van der Waals surface area contributed by atoms with Crippen LogP contribution < -0.4 is 0 Å². The normalized spacial score (nSPS) is 10.3. The number of hydrogen-bond donors (Lipinski definition) is 0. The second-order valence-corrected chi connectivity index (χ2v) is 2.94. The molecule has 0 fully saturated rings. The highest BCUT2D eigenvalue weighted by molar-refractivity contribution is 6.31. The van der Waals surface area contributed by atoms with E-state index in [4.69, 9.17) is 16.0 Å². The second kappa shape index (κ2) is 3.18. The minimum atomic E-state index is 0.429. The third kappa shape index (κ3) is 1.55. The third-order valence-corrected chi connectivity index (χ3v) is 1.95. The van der Waals surface area contributed by atoms with Crippen LogP contribution >= 0.6 is 11.6 Å². The molecule has 66 valence electrons. The summed E-state index contributed by atoms with van der Waals surface area (Å²) in [5.41, 5.74) is 0.768. The van der Waals surface area contributed by atoms with Crippen molar-refractivity contribution in [1.29, 1.82) is 0 Å². The van der Waals surface area contributed by atoms with Gasteiger partial charge in [0.25, 0.3) is 0 Å². The monoisotopic (exact) mass is 194 g/mol. The minimum Gasteiger partial charge on any atom is -0.441 e. The predicted molar refractivity (Wildman–Crippen MR) is 49.5 cm³/mol. The van der Waals surface area contributed by atoms with E-state index in [1.54, 1.807) is 25.4 Å². The molecule has 0 saturated carbocycles. The zero-order valence-corrected chi connectivity index (χ0v) is 7.75. The first-order valence-corrected chi connectivity index (χ1v) is 4.18. The predicted octanol–water partition coefficient (Wildman–Crippen LogP) is 2.70. The maximum absolute atomic E-state index is 5.87. The lowest BCUT2D eigenvalue weighted by molar-refractivity contribution is 0.534. The fourth-order valence-electron chi connectivity index (χ4n) is 1.06. The van der Waals surface area contributed by atoms with Gasteiger partial charge in [0.05, 0.1) is 11.8 Å². The van der Waals surface area contributed by atoms with Crippen molar-refractivity contribution in [3.8, 4) is 11.3 Å². The van der Waals surface area contributed by atoms with Crippen LogP contribution in [0.1, 0.15) is 5.89 Å². The Hall–Kier alpha value is -1.35.